The predicted octanol–water partition coefficient (Wildman–Crippen LogP) is 3.17. The van der Waals surface area contributed by atoms with E-state index in [-0.39, 0.29) is 17.7 Å². The predicted molar refractivity (Wildman–Crippen MR) is 97.7 cm³/mol. The van der Waals surface area contributed by atoms with Crippen LogP contribution in [0.3, 0.4) is 0 Å². The molecule has 2 heterocycles. The Bertz CT molecular complexity index is 704. The largest absolute Gasteiger partial charge is 0.497 e. The topological polar surface area (TPSA) is 63.5 Å². The Morgan fingerprint density at radius 3 is 3.00 bits per heavy atom. The summed E-state index contributed by atoms with van der Waals surface area (Å²) in [6, 6.07) is 7.84. The minimum Gasteiger partial charge on any atom is -0.497 e. The van der Waals surface area contributed by atoms with Crippen LogP contribution in [0, 0.1) is 12.3 Å². The Balaban J connectivity index is 1.39. The number of hydrogen-bond acceptors (Lipinski definition) is 5. The van der Waals surface area contributed by atoms with E-state index in [2.05, 4.69) is 16.1 Å². The molecule has 1 aromatic rings. The lowest BCUT2D eigenvalue weighted by atomic mass is 10.0. The van der Waals surface area contributed by atoms with E-state index in [1.165, 1.54) is 0 Å². The van der Waals surface area contributed by atoms with Crippen molar-refractivity contribution in [3.63, 3.8) is 0 Å². The van der Waals surface area contributed by atoms with Gasteiger partial charge in [-0.3, -0.25) is 4.79 Å². The van der Waals surface area contributed by atoms with E-state index in [4.69, 9.17) is 15.9 Å². The van der Waals surface area contributed by atoms with Crippen LogP contribution in [0.4, 0.5) is 0 Å². The Kier molecular flexibility index (Phi) is 5.89. The molecule has 2 aliphatic heterocycles. The first-order chi connectivity index (χ1) is 12.6. The Hall–Kier alpha value is -2.39. The van der Waals surface area contributed by atoms with E-state index in [0.29, 0.717) is 32.4 Å². The summed E-state index contributed by atoms with van der Waals surface area (Å²) in [7, 11) is 1.65. The highest BCUT2D eigenvalue weighted by Crippen LogP contribution is 2.37. The van der Waals surface area contributed by atoms with Crippen molar-refractivity contribution in [2.24, 2.45) is 10.2 Å². The fourth-order valence-electron chi connectivity index (χ4n) is 3.20. The van der Waals surface area contributed by atoms with Crippen LogP contribution in [0.25, 0.3) is 0 Å². The minimum atomic E-state index is -0.385. The van der Waals surface area contributed by atoms with Gasteiger partial charge in [0.05, 0.1) is 19.8 Å². The highest BCUT2D eigenvalue weighted by Gasteiger charge is 2.40. The standard InChI is InChI=1S/C20H25N3O3/c1-3-4-10-20(21-22-20)11-8-19(24)23-12-9-18(14-23)26-15-16-6-5-7-17(13-16)25-2/h1,5-7,13,18H,4,8-12,14-15H2,2H3. The zero-order valence-electron chi connectivity index (χ0n) is 15.2. The van der Waals surface area contributed by atoms with E-state index in [1.807, 2.05) is 29.2 Å². The van der Waals surface area contributed by atoms with Crippen molar-refractivity contribution in [3.05, 3.63) is 29.8 Å². The van der Waals surface area contributed by atoms with E-state index in [9.17, 15) is 4.79 Å². The molecule has 138 valence electrons. The van der Waals surface area contributed by atoms with Crippen LogP contribution in [0.5, 0.6) is 5.75 Å². The molecule has 1 amide bonds. The Morgan fingerprint density at radius 1 is 1.42 bits per heavy atom. The number of ether oxygens (including phenoxy) is 2. The molecular weight excluding hydrogens is 330 g/mol. The van der Waals surface area contributed by atoms with Crippen LogP contribution < -0.4 is 4.74 Å². The number of methoxy groups -OCH3 is 1. The summed E-state index contributed by atoms with van der Waals surface area (Å²) in [5, 5.41) is 8.17. The zero-order chi connectivity index (χ0) is 18.4. The van der Waals surface area contributed by atoms with Gasteiger partial charge in [-0.15, -0.1) is 12.3 Å². The van der Waals surface area contributed by atoms with Crippen molar-refractivity contribution < 1.29 is 14.3 Å². The molecule has 3 rings (SSSR count). The van der Waals surface area contributed by atoms with Gasteiger partial charge in [0.15, 0.2) is 5.66 Å². The maximum Gasteiger partial charge on any atom is 0.222 e. The fraction of sp³-hybridized carbons (Fsp3) is 0.550. The van der Waals surface area contributed by atoms with Crippen LogP contribution in [0.15, 0.2) is 34.5 Å². The van der Waals surface area contributed by atoms with E-state index in [0.717, 1.165) is 30.7 Å². The number of rotatable bonds is 9. The lowest BCUT2D eigenvalue weighted by Crippen LogP contribution is -2.31. The molecule has 1 atom stereocenters. The van der Waals surface area contributed by atoms with Gasteiger partial charge in [-0.25, -0.2) is 0 Å². The van der Waals surface area contributed by atoms with Gasteiger partial charge in [-0.2, -0.15) is 10.2 Å². The van der Waals surface area contributed by atoms with Crippen LogP contribution in [0.2, 0.25) is 0 Å². The Morgan fingerprint density at radius 2 is 2.27 bits per heavy atom. The summed E-state index contributed by atoms with van der Waals surface area (Å²) in [5.74, 6) is 3.58. The first-order valence-electron chi connectivity index (χ1n) is 9.04. The van der Waals surface area contributed by atoms with Crippen LogP contribution in [-0.2, 0) is 16.1 Å². The molecule has 0 radical (unpaired) electrons. The summed E-state index contributed by atoms with van der Waals surface area (Å²) >= 11 is 0. The molecule has 1 fully saturated rings. The average molecular weight is 355 g/mol. The third-order valence-electron chi connectivity index (χ3n) is 4.91. The monoisotopic (exact) mass is 355 g/mol. The first-order valence-corrected chi connectivity index (χ1v) is 9.04. The zero-order valence-corrected chi connectivity index (χ0v) is 15.2. The third-order valence-corrected chi connectivity index (χ3v) is 4.91. The van der Waals surface area contributed by atoms with Gasteiger partial charge in [0, 0.05) is 38.8 Å². The van der Waals surface area contributed by atoms with Crippen LogP contribution in [-0.4, -0.2) is 42.8 Å². The number of carbonyl (C=O) groups is 1. The molecule has 1 saturated heterocycles. The van der Waals surface area contributed by atoms with Gasteiger partial charge in [-0.05, 0) is 24.1 Å². The molecule has 0 bridgehead atoms. The number of benzene rings is 1. The molecule has 6 heteroatoms. The summed E-state index contributed by atoms with van der Waals surface area (Å²) in [4.78, 5) is 14.3. The molecular formula is C20H25N3O3. The second-order valence-electron chi connectivity index (χ2n) is 6.80. The summed E-state index contributed by atoms with van der Waals surface area (Å²) in [6.45, 7) is 1.92. The van der Waals surface area contributed by atoms with Gasteiger partial charge in [-0.1, -0.05) is 12.1 Å². The molecule has 0 saturated carbocycles. The lowest BCUT2D eigenvalue weighted by Gasteiger charge is -2.18. The van der Waals surface area contributed by atoms with Crippen LogP contribution in [0.1, 0.15) is 37.7 Å². The van der Waals surface area contributed by atoms with Crippen molar-refractivity contribution >= 4 is 5.91 Å². The van der Waals surface area contributed by atoms with Crippen molar-refractivity contribution in [1.82, 2.24) is 4.90 Å². The second-order valence-corrected chi connectivity index (χ2v) is 6.80. The highest BCUT2D eigenvalue weighted by atomic mass is 16.5. The SMILES string of the molecule is C#CCCC1(CCC(=O)N2CCC(OCc3cccc(OC)c3)C2)N=N1. The molecule has 0 aromatic heterocycles. The van der Waals surface area contributed by atoms with Gasteiger partial charge < -0.3 is 14.4 Å². The maximum absolute atomic E-state index is 12.4. The number of terminal acetylenes is 1. The fourth-order valence-corrected chi connectivity index (χ4v) is 3.20. The molecule has 2 aliphatic rings. The lowest BCUT2D eigenvalue weighted by molar-refractivity contribution is -0.131. The second kappa shape index (κ2) is 8.33. The van der Waals surface area contributed by atoms with Crippen LogP contribution >= 0.6 is 0 Å². The smallest absolute Gasteiger partial charge is 0.222 e. The summed E-state index contributed by atoms with van der Waals surface area (Å²) in [5.41, 5.74) is 0.686. The molecule has 0 aliphatic carbocycles. The van der Waals surface area contributed by atoms with E-state index < -0.39 is 0 Å². The van der Waals surface area contributed by atoms with Crippen molar-refractivity contribution in [2.45, 2.75) is 50.5 Å². The molecule has 0 N–H and O–H groups in total. The molecule has 6 nitrogen and oxygen atoms in total. The number of nitrogens with zero attached hydrogens (tertiary/aromatic N) is 3. The van der Waals surface area contributed by atoms with E-state index >= 15 is 0 Å². The quantitative estimate of drug-likeness (QED) is 0.639. The third kappa shape index (κ3) is 4.83. The molecule has 0 spiro atoms. The minimum absolute atomic E-state index is 0.0795. The van der Waals surface area contributed by atoms with Crippen molar-refractivity contribution in [3.8, 4) is 18.1 Å². The van der Waals surface area contributed by atoms with Gasteiger partial charge >= 0.3 is 0 Å². The number of carbonyl (C=O) groups excluding carboxylic acids is 1. The van der Waals surface area contributed by atoms with E-state index in [1.54, 1.807) is 7.11 Å². The molecule has 1 unspecified atom stereocenters. The molecule has 1 aromatic carbocycles. The summed E-state index contributed by atoms with van der Waals surface area (Å²) < 4.78 is 11.2. The number of amides is 1. The van der Waals surface area contributed by atoms with Crippen molar-refractivity contribution in [1.29, 1.82) is 0 Å². The normalized spacial score (nSPS) is 20.0. The maximum atomic E-state index is 12.4. The molecule has 26 heavy (non-hydrogen) atoms. The average Bonchev–Trinajstić information content (AvgIpc) is 3.29. The number of hydrogen-bond donors (Lipinski definition) is 0. The Labute approximate surface area is 154 Å². The van der Waals surface area contributed by atoms with Gasteiger partial charge in [0.25, 0.3) is 0 Å². The highest BCUT2D eigenvalue weighted by molar-refractivity contribution is 5.76. The first kappa shape index (κ1) is 18.4. The van der Waals surface area contributed by atoms with Crippen molar-refractivity contribution in [2.75, 3.05) is 20.2 Å². The number of likely N-dealkylation sites (tertiary alicyclic amines) is 1. The van der Waals surface area contributed by atoms with Gasteiger partial charge in [0.2, 0.25) is 5.91 Å². The van der Waals surface area contributed by atoms with Gasteiger partial charge in [0.1, 0.15) is 5.75 Å². The summed E-state index contributed by atoms with van der Waals surface area (Å²) in [6.07, 6.45) is 8.73.